The maximum Gasteiger partial charge on any atom is 0.317 e. The number of rotatable bonds is 3. The second kappa shape index (κ2) is 6.37. The largest absolute Gasteiger partial charge is 0.383 e. The van der Waals surface area contributed by atoms with E-state index in [-0.39, 0.29) is 23.0 Å². The van der Waals surface area contributed by atoms with Gasteiger partial charge in [0.25, 0.3) is 0 Å². The lowest BCUT2D eigenvalue weighted by Gasteiger charge is -2.23. The summed E-state index contributed by atoms with van der Waals surface area (Å²) in [7, 11) is 0. The summed E-state index contributed by atoms with van der Waals surface area (Å²) in [4.78, 5) is 30.0. The van der Waals surface area contributed by atoms with Crippen LogP contribution in [0.1, 0.15) is 42.7 Å². The molecule has 4 heterocycles. The van der Waals surface area contributed by atoms with Gasteiger partial charge in [-0.3, -0.25) is 9.48 Å². The minimum absolute atomic E-state index is 0.00129. The van der Waals surface area contributed by atoms with Crippen molar-refractivity contribution >= 4 is 17.6 Å². The minimum atomic E-state index is -0.113. The Balaban J connectivity index is 1.64. The first-order chi connectivity index (χ1) is 12.9. The van der Waals surface area contributed by atoms with Crippen molar-refractivity contribution < 1.29 is 9.59 Å². The predicted molar refractivity (Wildman–Crippen MR) is 101 cm³/mol. The molecule has 2 aliphatic heterocycles. The number of carbonyl (C=O) groups excluding carboxylic acids is 2. The van der Waals surface area contributed by atoms with Gasteiger partial charge in [-0.2, -0.15) is 5.10 Å². The number of ketones is 1. The maximum absolute atomic E-state index is 12.2. The van der Waals surface area contributed by atoms with Crippen LogP contribution in [0.2, 0.25) is 0 Å². The number of likely N-dealkylation sites (tertiary alicyclic amines) is 1. The molecule has 0 aromatic carbocycles. The van der Waals surface area contributed by atoms with Crippen LogP contribution in [0, 0.1) is 0 Å². The molecule has 2 aromatic heterocycles. The number of fused-ring (bicyclic) bond motifs is 2. The Kier molecular flexibility index (Phi) is 4.13. The van der Waals surface area contributed by atoms with Crippen LogP contribution in [0.25, 0.3) is 11.3 Å². The van der Waals surface area contributed by atoms with Gasteiger partial charge in [-0.1, -0.05) is 0 Å². The summed E-state index contributed by atoms with van der Waals surface area (Å²) in [5.41, 5.74) is 8.91. The molecule has 8 nitrogen and oxygen atoms in total. The number of hydrogen-bond acceptors (Lipinski definition) is 5. The smallest absolute Gasteiger partial charge is 0.317 e. The Hall–Kier alpha value is -2.90. The van der Waals surface area contributed by atoms with Crippen molar-refractivity contribution in [3.8, 4) is 11.3 Å². The molecule has 142 valence electrons. The summed E-state index contributed by atoms with van der Waals surface area (Å²) in [5.74, 6) is 0.126. The fourth-order valence-electron chi connectivity index (χ4n) is 4.22. The summed E-state index contributed by atoms with van der Waals surface area (Å²) in [6, 6.07) is 3.83. The van der Waals surface area contributed by atoms with E-state index in [2.05, 4.69) is 16.4 Å². The molecule has 1 spiro atoms. The maximum atomic E-state index is 12.2. The van der Waals surface area contributed by atoms with Crippen LogP contribution in [0.4, 0.5) is 10.6 Å². The van der Waals surface area contributed by atoms with Gasteiger partial charge >= 0.3 is 6.03 Å². The molecule has 8 heteroatoms. The van der Waals surface area contributed by atoms with Gasteiger partial charge in [0, 0.05) is 49.0 Å². The molecule has 3 N–H and O–H groups in total. The van der Waals surface area contributed by atoms with Crippen molar-refractivity contribution in [1.29, 1.82) is 0 Å². The highest BCUT2D eigenvalue weighted by Crippen LogP contribution is 2.43. The Morgan fingerprint density at radius 1 is 1.30 bits per heavy atom. The van der Waals surface area contributed by atoms with Gasteiger partial charge in [0.15, 0.2) is 5.78 Å². The highest BCUT2D eigenvalue weighted by Gasteiger charge is 2.46. The molecule has 1 atom stereocenters. The normalized spacial score (nSPS) is 20.9. The van der Waals surface area contributed by atoms with Crippen molar-refractivity contribution in [1.82, 2.24) is 25.0 Å². The van der Waals surface area contributed by atoms with Crippen LogP contribution < -0.4 is 11.1 Å². The summed E-state index contributed by atoms with van der Waals surface area (Å²) in [6.45, 7) is 6.34. The third kappa shape index (κ3) is 2.85. The quantitative estimate of drug-likeness (QED) is 0.804. The lowest BCUT2D eigenvalue weighted by Crippen LogP contribution is -2.40. The Morgan fingerprint density at radius 2 is 2.07 bits per heavy atom. The van der Waals surface area contributed by atoms with Gasteiger partial charge in [0.1, 0.15) is 5.82 Å². The van der Waals surface area contributed by atoms with Crippen LogP contribution in [0.3, 0.4) is 0 Å². The van der Waals surface area contributed by atoms with Gasteiger partial charge in [-0.05, 0) is 38.8 Å². The van der Waals surface area contributed by atoms with Gasteiger partial charge in [0.05, 0.1) is 11.3 Å². The Labute approximate surface area is 157 Å². The monoisotopic (exact) mass is 368 g/mol. The second-order valence-corrected chi connectivity index (χ2v) is 7.39. The fraction of sp³-hybridized carbons (Fsp3) is 0.474. The number of aryl methyl sites for hydroxylation is 1. The number of anilines is 1. The van der Waals surface area contributed by atoms with E-state index in [1.54, 1.807) is 12.3 Å². The molecule has 1 unspecified atom stereocenters. The van der Waals surface area contributed by atoms with E-state index < -0.39 is 0 Å². The molecule has 2 amide bonds. The van der Waals surface area contributed by atoms with Crippen molar-refractivity contribution in [3.05, 3.63) is 29.6 Å². The average Bonchev–Trinajstić information content (AvgIpc) is 3.33. The molecule has 0 radical (unpaired) electrons. The van der Waals surface area contributed by atoms with Gasteiger partial charge in [0.2, 0.25) is 0 Å². The highest BCUT2D eigenvalue weighted by molar-refractivity contribution is 5.99. The van der Waals surface area contributed by atoms with E-state index in [0.29, 0.717) is 18.7 Å². The number of urea groups is 1. The molecule has 0 saturated carbocycles. The molecule has 27 heavy (non-hydrogen) atoms. The molecule has 1 saturated heterocycles. The molecule has 4 rings (SSSR count). The lowest BCUT2D eigenvalue weighted by atomic mass is 9.82. The first kappa shape index (κ1) is 17.5. The van der Waals surface area contributed by atoms with Crippen molar-refractivity contribution in [2.45, 2.75) is 38.6 Å². The zero-order chi connectivity index (χ0) is 19.2. The number of carbonyl (C=O) groups is 2. The third-order valence-electron chi connectivity index (χ3n) is 5.69. The molecule has 2 aromatic rings. The highest BCUT2D eigenvalue weighted by atomic mass is 16.2. The number of aromatic nitrogens is 3. The van der Waals surface area contributed by atoms with E-state index in [9.17, 15) is 9.59 Å². The van der Waals surface area contributed by atoms with E-state index >= 15 is 0 Å². The minimum Gasteiger partial charge on any atom is -0.383 e. The van der Waals surface area contributed by atoms with Gasteiger partial charge in [-0.25, -0.2) is 9.78 Å². The van der Waals surface area contributed by atoms with Gasteiger partial charge < -0.3 is 16.0 Å². The molecular formula is C19H24N6O2. The molecule has 0 aliphatic carbocycles. The summed E-state index contributed by atoms with van der Waals surface area (Å²) >= 11 is 0. The summed E-state index contributed by atoms with van der Waals surface area (Å²) < 4.78 is 2.03. The van der Waals surface area contributed by atoms with Crippen molar-refractivity contribution in [2.24, 2.45) is 0 Å². The number of hydrogen-bond donors (Lipinski definition) is 2. The Bertz CT molecular complexity index is 921. The van der Waals surface area contributed by atoms with Crippen LogP contribution in [-0.4, -0.2) is 51.1 Å². The molecule has 2 aliphatic rings. The van der Waals surface area contributed by atoms with Crippen LogP contribution in [0.5, 0.6) is 0 Å². The Morgan fingerprint density at radius 3 is 2.81 bits per heavy atom. The van der Waals surface area contributed by atoms with Crippen LogP contribution >= 0.6 is 0 Å². The predicted octanol–water partition coefficient (Wildman–Crippen LogP) is 1.81. The molecular weight excluding hydrogens is 344 g/mol. The lowest BCUT2D eigenvalue weighted by molar-refractivity contribution is 0.101. The number of nitrogens with one attached hydrogen (secondary N) is 1. The number of amides is 2. The number of Topliss-reactive ketones (excluding diaryl/α,β-unsaturated/α-hetero) is 1. The van der Waals surface area contributed by atoms with Crippen molar-refractivity contribution in [3.63, 3.8) is 0 Å². The zero-order valence-electron chi connectivity index (χ0n) is 15.7. The second-order valence-electron chi connectivity index (χ2n) is 7.39. The number of nitrogen functional groups attached to an aromatic ring is 1. The summed E-state index contributed by atoms with van der Waals surface area (Å²) in [5, 5.41) is 7.61. The van der Waals surface area contributed by atoms with Crippen LogP contribution in [-0.2, 0) is 12.0 Å². The fourth-order valence-corrected chi connectivity index (χ4v) is 4.22. The van der Waals surface area contributed by atoms with Gasteiger partial charge in [-0.15, -0.1) is 0 Å². The standard InChI is InChI=1S/C19H24N6O2/c1-3-21-18(27)24-6-4-19(11-24)5-7-25-16(19)9-15(23-25)13-8-14(12(2)26)17(20)22-10-13/h8-10H,3-7,11H2,1-2H3,(H2,20,22)(H,21,27). The number of nitrogens with two attached hydrogens (primary N) is 1. The van der Waals surface area contributed by atoms with E-state index in [1.165, 1.54) is 6.92 Å². The summed E-state index contributed by atoms with van der Waals surface area (Å²) in [6.07, 6.45) is 3.58. The van der Waals surface area contributed by atoms with Crippen LogP contribution in [0.15, 0.2) is 18.3 Å². The first-order valence-electron chi connectivity index (χ1n) is 9.31. The molecule has 1 fully saturated rings. The van der Waals surface area contributed by atoms with Crippen molar-refractivity contribution in [2.75, 3.05) is 25.4 Å². The van der Waals surface area contributed by atoms with E-state index in [1.807, 2.05) is 16.5 Å². The van der Waals surface area contributed by atoms with E-state index in [0.717, 1.165) is 42.9 Å². The number of pyridine rings is 1. The number of nitrogens with zero attached hydrogens (tertiary/aromatic N) is 4. The topological polar surface area (TPSA) is 106 Å². The SMILES string of the molecule is CCNC(=O)N1CCC2(CCn3nc(-c4cnc(N)c(C(C)=O)c4)cc32)C1. The zero-order valence-corrected chi connectivity index (χ0v) is 15.7. The average molecular weight is 368 g/mol. The van der Waals surface area contributed by atoms with E-state index in [4.69, 9.17) is 10.8 Å². The third-order valence-corrected chi connectivity index (χ3v) is 5.69. The molecule has 0 bridgehead atoms. The first-order valence-corrected chi connectivity index (χ1v) is 9.31.